The number of thioether (sulfide) groups is 1. The van der Waals surface area contributed by atoms with Crippen LogP contribution in [0.3, 0.4) is 0 Å². The number of nitriles is 1. The van der Waals surface area contributed by atoms with Crippen molar-refractivity contribution in [1.29, 1.82) is 5.26 Å². The van der Waals surface area contributed by atoms with Crippen molar-refractivity contribution < 1.29 is 62.2 Å². The van der Waals surface area contributed by atoms with E-state index in [1.165, 1.54) is 39.8 Å². The number of esters is 3. The topological polar surface area (TPSA) is 217 Å². The summed E-state index contributed by atoms with van der Waals surface area (Å²) >= 11 is 1.43. The molecule has 67 heavy (non-hydrogen) atoms. The third-order valence-corrected chi connectivity index (χ3v) is 15.2. The molecule has 0 aliphatic carbocycles. The van der Waals surface area contributed by atoms with Crippen molar-refractivity contribution in [2.24, 2.45) is 0 Å². The number of methoxy groups -OCH3 is 2. The largest absolute Gasteiger partial charge is 0.504 e. The Morgan fingerprint density at radius 3 is 2.45 bits per heavy atom. The predicted octanol–water partition coefficient (Wildman–Crippen LogP) is 5.10. The number of piperazine rings is 1. The van der Waals surface area contributed by atoms with Crippen molar-refractivity contribution >= 4 is 35.8 Å². The Balaban J connectivity index is 1.20. The van der Waals surface area contributed by atoms with Gasteiger partial charge in [0.1, 0.15) is 30.0 Å². The monoisotopic (exact) mass is 941 g/mol. The molecule has 7 aliphatic heterocycles. The summed E-state index contributed by atoms with van der Waals surface area (Å²) in [5.74, 6) is -0.139. The maximum atomic E-state index is 15.1. The number of carbonyl (C=O) groups excluding carboxylic acids is 4. The normalized spacial score (nSPS) is 26.4. The molecule has 3 N–H and O–H groups in total. The number of phenols is 1. The second kappa shape index (κ2) is 17.0. The highest BCUT2D eigenvalue weighted by atomic mass is 32.2. The SMILES string of the molecule is COc1cc2c(cc1OC(=O)[C@H](C)NC(=O)OC(C)(C)C)CCN[C@]21CS[C@@H]2c3c(OC(C)=O)c(C)c4c(c3[C@H](COC1=O)N1C2[C@H]2c3c(cc(C)c(OC)c3O)C[C@@H]([C@@H]1C#N)N2C)OCO4. The van der Waals surface area contributed by atoms with Crippen LogP contribution < -0.4 is 39.1 Å². The van der Waals surface area contributed by atoms with Crippen LogP contribution in [0.2, 0.25) is 0 Å². The second-order valence-corrected chi connectivity index (χ2v) is 20.0. The minimum absolute atomic E-state index is 0.00723. The van der Waals surface area contributed by atoms with E-state index in [2.05, 4.69) is 26.5 Å². The minimum Gasteiger partial charge on any atom is -0.504 e. The maximum absolute atomic E-state index is 15.1. The third kappa shape index (κ3) is 7.43. The number of nitrogens with one attached hydrogen (secondary N) is 2. The molecular weight excluding hydrogens is 887 g/mol. The van der Waals surface area contributed by atoms with Gasteiger partial charge in [-0.2, -0.15) is 5.26 Å². The number of aryl methyl sites for hydroxylation is 1. The Hall–Kier alpha value is -5.94. The van der Waals surface area contributed by atoms with Crippen LogP contribution in [0.4, 0.5) is 4.79 Å². The number of hydrogen-bond acceptors (Lipinski definition) is 18. The molecule has 356 valence electrons. The smallest absolute Gasteiger partial charge is 0.408 e. The molecule has 3 aromatic rings. The van der Waals surface area contributed by atoms with Gasteiger partial charge in [0.2, 0.25) is 6.79 Å². The fourth-order valence-corrected chi connectivity index (χ4v) is 12.7. The molecule has 7 heterocycles. The molecule has 0 saturated carbocycles. The number of phenolic OH excluding ortho intramolecular Hbond substituents is 1. The summed E-state index contributed by atoms with van der Waals surface area (Å²) in [5, 5.41) is 28.8. The van der Waals surface area contributed by atoms with E-state index in [9.17, 15) is 24.8 Å². The molecule has 1 amide bonds. The molecule has 7 aliphatic rings. The van der Waals surface area contributed by atoms with Gasteiger partial charge in [0.05, 0.1) is 37.6 Å². The lowest BCUT2D eigenvalue weighted by molar-refractivity contribution is -0.157. The van der Waals surface area contributed by atoms with Crippen molar-refractivity contribution in [2.45, 2.75) is 114 Å². The highest BCUT2D eigenvalue weighted by Gasteiger charge is 2.62. The number of rotatable bonds is 6. The van der Waals surface area contributed by atoms with Crippen molar-refractivity contribution in [2.75, 3.05) is 47.0 Å². The van der Waals surface area contributed by atoms with Gasteiger partial charge in [-0.25, -0.2) is 14.4 Å². The van der Waals surface area contributed by atoms with Crippen LogP contribution in [0, 0.1) is 25.2 Å². The van der Waals surface area contributed by atoms with Crippen LogP contribution in [0.5, 0.6) is 40.2 Å². The Morgan fingerprint density at radius 2 is 1.76 bits per heavy atom. The first-order chi connectivity index (χ1) is 31.8. The molecule has 18 nitrogen and oxygen atoms in total. The summed E-state index contributed by atoms with van der Waals surface area (Å²) in [6, 6.07) is 3.86. The van der Waals surface area contributed by atoms with Gasteiger partial charge in [0.15, 0.2) is 40.0 Å². The first-order valence-electron chi connectivity index (χ1n) is 22.2. The molecule has 4 bridgehead atoms. The third-order valence-electron chi connectivity index (χ3n) is 13.7. The van der Waals surface area contributed by atoms with Crippen molar-refractivity contribution in [3.8, 4) is 46.3 Å². The summed E-state index contributed by atoms with van der Waals surface area (Å²) in [6.45, 7) is 11.6. The van der Waals surface area contributed by atoms with E-state index in [0.29, 0.717) is 70.0 Å². The molecule has 0 radical (unpaired) electrons. The zero-order chi connectivity index (χ0) is 48.0. The first-order valence-corrected chi connectivity index (χ1v) is 23.3. The van der Waals surface area contributed by atoms with E-state index >= 15 is 4.79 Å². The standard InChI is InChI=1S/C48H55N5O13S/c1-21-13-26-14-28-29(17-49)53-30-18-61-45(57)48(27-16-31(59-9)32(15-25(27)11-12-50-48)65-44(56)23(3)51-46(58)66-47(5,6)7)19-67-43(37(53)36(52(28)8)33(26)38(55)39(21)60-10)35-34(30)42-41(62-20-63-42)22(2)40(35)64-24(4)54/h13,15-16,23,28-30,36-37,43,50,55H,11-12,14,18-20H2,1-10H3,(H,51,58)/t23-,28-,29-,30-,36+,37?,43+,48+/m0/s1. The lowest BCUT2D eigenvalue weighted by Gasteiger charge is -2.62. The Labute approximate surface area is 392 Å². The average Bonchev–Trinajstić information content (AvgIpc) is 3.76. The van der Waals surface area contributed by atoms with Gasteiger partial charge < -0.3 is 48.3 Å². The van der Waals surface area contributed by atoms with Gasteiger partial charge in [0, 0.05) is 53.6 Å². The van der Waals surface area contributed by atoms with Crippen LogP contribution in [0.1, 0.15) is 96.5 Å². The molecule has 8 atom stereocenters. The summed E-state index contributed by atoms with van der Waals surface area (Å²) in [5.41, 5.74) is 3.06. The quantitative estimate of drug-likeness (QED) is 0.216. The summed E-state index contributed by atoms with van der Waals surface area (Å²) in [7, 11) is 4.91. The van der Waals surface area contributed by atoms with Gasteiger partial charge in [-0.15, -0.1) is 11.8 Å². The van der Waals surface area contributed by atoms with E-state index in [0.717, 1.165) is 11.1 Å². The number of aromatic hydroxyl groups is 1. The molecule has 10 rings (SSSR count). The molecule has 0 aromatic heterocycles. The number of amides is 1. The highest BCUT2D eigenvalue weighted by molar-refractivity contribution is 7.99. The molecule has 2 saturated heterocycles. The minimum atomic E-state index is -1.50. The van der Waals surface area contributed by atoms with Crippen LogP contribution in [-0.2, 0) is 42.2 Å². The van der Waals surface area contributed by atoms with Crippen LogP contribution in [0.15, 0.2) is 18.2 Å². The van der Waals surface area contributed by atoms with Crippen molar-refractivity contribution in [3.63, 3.8) is 0 Å². The van der Waals surface area contributed by atoms with E-state index in [-0.39, 0.29) is 48.2 Å². The highest BCUT2D eigenvalue weighted by Crippen LogP contribution is 2.64. The number of hydrogen-bond donors (Lipinski definition) is 3. The van der Waals surface area contributed by atoms with E-state index in [1.807, 2.05) is 27.0 Å². The molecule has 19 heteroatoms. The summed E-state index contributed by atoms with van der Waals surface area (Å²) in [4.78, 5) is 58.4. The van der Waals surface area contributed by atoms with Crippen molar-refractivity contribution in [1.82, 2.24) is 20.4 Å². The number of benzene rings is 3. The number of alkyl carbamates (subject to hydrolysis) is 1. The molecule has 3 aromatic carbocycles. The number of carbonyl (C=O) groups is 4. The molecule has 1 spiro atoms. The first kappa shape index (κ1) is 46.2. The van der Waals surface area contributed by atoms with E-state index < -0.39 is 70.6 Å². The Morgan fingerprint density at radius 1 is 1.01 bits per heavy atom. The number of likely N-dealkylation sites (N-methyl/N-ethyl adjacent to an activating group) is 1. The Bertz CT molecular complexity index is 2650. The fourth-order valence-electron chi connectivity index (χ4n) is 11.0. The van der Waals surface area contributed by atoms with Crippen LogP contribution >= 0.6 is 11.8 Å². The Kier molecular flexibility index (Phi) is 11.7. The number of ether oxygens (including phenoxy) is 8. The van der Waals surface area contributed by atoms with Crippen LogP contribution in [0.25, 0.3) is 0 Å². The summed E-state index contributed by atoms with van der Waals surface area (Å²) < 4.78 is 47.8. The van der Waals surface area contributed by atoms with Gasteiger partial charge in [-0.3, -0.25) is 19.9 Å². The fraction of sp³-hybridized carbons (Fsp3) is 0.521. The number of nitrogens with zero attached hydrogens (tertiary/aromatic N) is 3. The predicted molar refractivity (Wildman–Crippen MR) is 241 cm³/mol. The second-order valence-electron chi connectivity index (χ2n) is 18.9. The molecule has 2 fully saturated rings. The van der Waals surface area contributed by atoms with Crippen molar-refractivity contribution in [3.05, 3.63) is 62.7 Å². The van der Waals surface area contributed by atoms with E-state index in [1.54, 1.807) is 32.9 Å². The van der Waals surface area contributed by atoms with Gasteiger partial charge in [-0.05, 0) is 95.8 Å². The average molecular weight is 942 g/mol. The molecular formula is C48H55N5O13S. The van der Waals surface area contributed by atoms with Gasteiger partial charge in [0.25, 0.3) is 0 Å². The van der Waals surface area contributed by atoms with Gasteiger partial charge in [-0.1, -0.05) is 6.07 Å². The lowest BCUT2D eigenvalue weighted by Crippen LogP contribution is -2.69. The lowest BCUT2D eigenvalue weighted by atomic mass is 9.71. The van der Waals surface area contributed by atoms with Gasteiger partial charge >= 0.3 is 24.0 Å². The molecule has 1 unspecified atom stereocenters. The summed E-state index contributed by atoms with van der Waals surface area (Å²) in [6.07, 6.45) is 0.109. The maximum Gasteiger partial charge on any atom is 0.408 e. The zero-order valence-electron chi connectivity index (χ0n) is 39.1. The zero-order valence-corrected chi connectivity index (χ0v) is 39.9. The van der Waals surface area contributed by atoms with E-state index in [4.69, 9.17) is 37.9 Å². The number of fused-ring (bicyclic) bond motifs is 9. The van der Waals surface area contributed by atoms with Crippen LogP contribution in [-0.4, -0.2) is 116 Å².